The number of likely N-dealkylation sites (tertiary alicyclic amines) is 1. The van der Waals surface area contributed by atoms with Gasteiger partial charge in [0.05, 0.1) is 19.3 Å². The van der Waals surface area contributed by atoms with Gasteiger partial charge in [0.25, 0.3) is 0 Å². The van der Waals surface area contributed by atoms with E-state index in [0.29, 0.717) is 0 Å². The Bertz CT molecular complexity index is 254. The zero-order chi connectivity index (χ0) is 11.5. The van der Waals surface area contributed by atoms with E-state index in [1.165, 1.54) is 0 Å². The third-order valence-corrected chi connectivity index (χ3v) is 3.44. The fraction of sp³-hybridized carbons (Fsp3) is 0.909. The minimum Gasteiger partial charge on any atom is -0.379 e. The van der Waals surface area contributed by atoms with E-state index in [9.17, 15) is 4.79 Å². The molecule has 5 heteroatoms. The van der Waals surface area contributed by atoms with Gasteiger partial charge in [-0.3, -0.25) is 9.69 Å². The topological polar surface area (TPSA) is 58.8 Å². The molecule has 92 valence electrons. The second-order valence-corrected chi connectivity index (χ2v) is 4.69. The summed E-state index contributed by atoms with van der Waals surface area (Å²) in [6.45, 7) is 7.40. The molecular formula is C11H21N3O2. The first-order chi connectivity index (χ1) is 7.68. The smallest absolute Gasteiger partial charge is 0.239 e. The number of amides is 1. The van der Waals surface area contributed by atoms with Gasteiger partial charge < -0.3 is 15.4 Å². The standard InChI is InChI=1S/C11H21N3O2/c1-9(8-13-4-6-16-7-5-13)14-3-2-10(12)11(14)15/h9-10H,2-8,12H2,1H3. The lowest BCUT2D eigenvalue weighted by molar-refractivity contribution is -0.130. The molecule has 2 rings (SSSR count). The van der Waals surface area contributed by atoms with Crippen LogP contribution in [0.2, 0.25) is 0 Å². The number of carbonyl (C=O) groups excluding carboxylic acids is 1. The number of morpholine rings is 1. The molecule has 0 spiro atoms. The van der Waals surface area contributed by atoms with E-state index in [1.807, 2.05) is 4.90 Å². The van der Waals surface area contributed by atoms with Crippen LogP contribution in [0, 0.1) is 0 Å². The van der Waals surface area contributed by atoms with Crippen LogP contribution in [-0.4, -0.2) is 67.2 Å². The van der Waals surface area contributed by atoms with Crippen molar-refractivity contribution in [1.82, 2.24) is 9.80 Å². The number of carbonyl (C=O) groups is 1. The number of nitrogens with zero attached hydrogens (tertiary/aromatic N) is 2. The molecule has 2 atom stereocenters. The van der Waals surface area contributed by atoms with Gasteiger partial charge in [0.2, 0.25) is 5.91 Å². The maximum absolute atomic E-state index is 11.7. The summed E-state index contributed by atoms with van der Waals surface area (Å²) in [5.74, 6) is 0.112. The molecule has 2 saturated heterocycles. The van der Waals surface area contributed by atoms with E-state index < -0.39 is 0 Å². The van der Waals surface area contributed by atoms with Gasteiger partial charge in [-0.05, 0) is 13.3 Å². The second-order valence-electron chi connectivity index (χ2n) is 4.69. The Morgan fingerprint density at radius 1 is 1.44 bits per heavy atom. The quantitative estimate of drug-likeness (QED) is 0.690. The highest BCUT2D eigenvalue weighted by molar-refractivity contribution is 5.83. The molecule has 1 amide bonds. The fourth-order valence-electron chi connectivity index (χ4n) is 2.42. The predicted molar refractivity (Wildman–Crippen MR) is 61.0 cm³/mol. The van der Waals surface area contributed by atoms with Gasteiger partial charge in [0.15, 0.2) is 0 Å². The highest BCUT2D eigenvalue weighted by atomic mass is 16.5. The van der Waals surface area contributed by atoms with E-state index in [-0.39, 0.29) is 18.0 Å². The molecule has 0 aromatic heterocycles. The molecule has 0 aliphatic carbocycles. The Hall–Kier alpha value is -0.650. The zero-order valence-electron chi connectivity index (χ0n) is 9.89. The number of hydrogen-bond donors (Lipinski definition) is 1. The predicted octanol–water partition coefficient (Wildman–Crippen LogP) is -0.733. The Kier molecular flexibility index (Phi) is 3.78. The van der Waals surface area contributed by atoms with Crippen molar-refractivity contribution in [2.75, 3.05) is 39.4 Å². The van der Waals surface area contributed by atoms with Crippen molar-refractivity contribution in [2.24, 2.45) is 5.73 Å². The molecule has 2 fully saturated rings. The minimum atomic E-state index is -0.271. The summed E-state index contributed by atoms with van der Waals surface area (Å²) in [5, 5.41) is 0. The van der Waals surface area contributed by atoms with Crippen LogP contribution in [-0.2, 0) is 9.53 Å². The molecule has 2 aliphatic rings. The van der Waals surface area contributed by atoms with Crippen LogP contribution in [0.5, 0.6) is 0 Å². The monoisotopic (exact) mass is 227 g/mol. The lowest BCUT2D eigenvalue weighted by Gasteiger charge is -2.33. The summed E-state index contributed by atoms with van der Waals surface area (Å²) >= 11 is 0. The Labute approximate surface area is 96.5 Å². The lowest BCUT2D eigenvalue weighted by Crippen LogP contribution is -2.48. The molecule has 16 heavy (non-hydrogen) atoms. The van der Waals surface area contributed by atoms with E-state index in [1.54, 1.807) is 0 Å². The highest BCUT2D eigenvalue weighted by Gasteiger charge is 2.32. The third kappa shape index (κ3) is 2.53. The molecular weight excluding hydrogens is 206 g/mol. The first-order valence-corrected chi connectivity index (χ1v) is 6.04. The van der Waals surface area contributed by atoms with Crippen molar-refractivity contribution < 1.29 is 9.53 Å². The molecule has 0 radical (unpaired) electrons. The summed E-state index contributed by atoms with van der Waals surface area (Å²) in [4.78, 5) is 16.0. The van der Waals surface area contributed by atoms with Crippen molar-refractivity contribution in [2.45, 2.75) is 25.4 Å². The first-order valence-electron chi connectivity index (χ1n) is 6.04. The summed E-state index contributed by atoms with van der Waals surface area (Å²) in [5.41, 5.74) is 5.71. The molecule has 2 N–H and O–H groups in total. The van der Waals surface area contributed by atoms with Crippen LogP contribution in [0.1, 0.15) is 13.3 Å². The van der Waals surface area contributed by atoms with Crippen molar-refractivity contribution in [3.8, 4) is 0 Å². The van der Waals surface area contributed by atoms with Crippen LogP contribution in [0.3, 0.4) is 0 Å². The summed E-state index contributed by atoms with van der Waals surface area (Å²) in [6.07, 6.45) is 0.798. The lowest BCUT2D eigenvalue weighted by atomic mass is 10.2. The second kappa shape index (κ2) is 5.12. The van der Waals surface area contributed by atoms with Gasteiger partial charge in [0, 0.05) is 32.2 Å². The highest BCUT2D eigenvalue weighted by Crippen LogP contribution is 2.14. The minimum absolute atomic E-state index is 0.112. The maximum atomic E-state index is 11.7. The summed E-state index contributed by atoms with van der Waals surface area (Å²) in [7, 11) is 0. The summed E-state index contributed by atoms with van der Waals surface area (Å²) < 4.78 is 5.30. The van der Waals surface area contributed by atoms with E-state index in [4.69, 9.17) is 10.5 Å². The normalized spacial score (nSPS) is 29.8. The number of nitrogens with two attached hydrogens (primary N) is 1. The molecule has 2 heterocycles. The molecule has 0 bridgehead atoms. The van der Waals surface area contributed by atoms with Crippen molar-refractivity contribution in [1.29, 1.82) is 0 Å². The van der Waals surface area contributed by atoms with Gasteiger partial charge >= 0.3 is 0 Å². The van der Waals surface area contributed by atoms with Crippen LogP contribution in [0.25, 0.3) is 0 Å². The summed E-state index contributed by atoms with van der Waals surface area (Å²) in [6, 6.07) is -0.00807. The van der Waals surface area contributed by atoms with Gasteiger partial charge in [-0.25, -0.2) is 0 Å². The zero-order valence-corrected chi connectivity index (χ0v) is 9.89. The molecule has 2 unspecified atom stereocenters. The van der Waals surface area contributed by atoms with Crippen molar-refractivity contribution in [3.05, 3.63) is 0 Å². The third-order valence-electron chi connectivity index (χ3n) is 3.44. The van der Waals surface area contributed by atoms with Crippen molar-refractivity contribution >= 4 is 5.91 Å². The molecule has 2 aliphatic heterocycles. The number of ether oxygens (including phenoxy) is 1. The number of rotatable bonds is 3. The van der Waals surface area contributed by atoms with Gasteiger partial charge in [-0.15, -0.1) is 0 Å². The molecule has 5 nitrogen and oxygen atoms in total. The average molecular weight is 227 g/mol. The Balaban J connectivity index is 1.82. The Morgan fingerprint density at radius 3 is 2.69 bits per heavy atom. The van der Waals surface area contributed by atoms with E-state index in [0.717, 1.165) is 45.8 Å². The van der Waals surface area contributed by atoms with Crippen LogP contribution in [0.15, 0.2) is 0 Å². The van der Waals surface area contributed by atoms with Crippen LogP contribution < -0.4 is 5.73 Å². The molecule has 0 aromatic carbocycles. The van der Waals surface area contributed by atoms with E-state index >= 15 is 0 Å². The van der Waals surface area contributed by atoms with Crippen molar-refractivity contribution in [3.63, 3.8) is 0 Å². The fourth-order valence-corrected chi connectivity index (χ4v) is 2.42. The van der Waals surface area contributed by atoms with Gasteiger partial charge in [-0.2, -0.15) is 0 Å². The molecule has 0 saturated carbocycles. The maximum Gasteiger partial charge on any atom is 0.239 e. The largest absolute Gasteiger partial charge is 0.379 e. The number of hydrogen-bond acceptors (Lipinski definition) is 4. The van der Waals surface area contributed by atoms with Gasteiger partial charge in [0.1, 0.15) is 0 Å². The Morgan fingerprint density at radius 2 is 2.12 bits per heavy atom. The SMILES string of the molecule is CC(CN1CCOCC1)N1CCC(N)C1=O. The van der Waals surface area contributed by atoms with Crippen LogP contribution >= 0.6 is 0 Å². The van der Waals surface area contributed by atoms with Crippen LogP contribution in [0.4, 0.5) is 0 Å². The van der Waals surface area contributed by atoms with E-state index in [2.05, 4.69) is 11.8 Å². The average Bonchev–Trinajstić information content (AvgIpc) is 2.61. The molecule has 0 aromatic rings. The first kappa shape index (κ1) is 11.8. The van der Waals surface area contributed by atoms with Gasteiger partial charge in [-0.1, -0.05) is 0 Å².